The van der Waals surface area contributed by atoms with Gasteiger partial charge in [-0.2, -0.15) is 5.26 Å². The summed E-state index contributed by atoms with van der Waals surface area (Å²) in [5.41, 5.74) is 2.83. The predicted octanol–water partition coefficient (Wildman–Crippen LogP) is 3.71. The molecule has 164 valence electrons. The maximum Gasteiger partial charge on any atom is 0.223 e. The van der Waals surface area contributed by atoms with E-state index in [-0.39, 0.29) is 5.91 Å². The number of carbonyl (C=O) groups is 1. The molecule has 0 bridgehead atoms. The molecule has 1 amide bonds. The van der Waals surface area contributed by atoms with Gasteiger partial charge in [-0.1, -0.05) is 30.4 Å². The number of hydrogen-bond donors (Lipinski definition) is 2. The molecule has 2 aromatic rings. The van der Waals surface area contributed by atoms with E-state index < -0.39 is 0 Å². The van der Waals surface area contributed by atoms with Gasteiger partial charge in [-0.15, -0.1) is 0 Å². The van der Waals surface area contributed by atoms with E-state index in [4.69, 9.17) is 14.7 Å². The molecule has 0 saturated carbocycles. The Bertz CT molecular complexity index is 886. The minimum absolute atomic E-state index is 0.0124. The van der Waals surface area contributed by atoms with Crippen LogP contribution in [-0.2, 0) is 11.2 Å². The fourth-order valence-electron chi connectivity index (χ4n) is 3.06. The zero-order valence-electron chi connectivity index (χ0n) is 18.3. The van der Waals surface area contributed by atoms with Crippen LogP contribution in [0.4, 0.5) is 0 Å². The minimum atomic E-state index is 0.0124. The Kier molecular flexibility index (Phi) is 10.7. The standard InChI is InChI=1S/C25H31N3O3/c1-30-23-14-13-21(18-24(23)31-2)7-4-15-27-16-5-17-28-25(29)8-3-6-20-9-11-22(19-26)12-10-20/h3,6,9-14,18,27H,4-5,7-8,15-17H2,1-2H3,(H,28,29)/b6-3+. The van der Waals surface area contributed by atoms with Gasteiger partial charge in [0.05, 0.1) is 25.9 Å². The molecule has 0 aliphatic rings. The molecule has 31 heavy (non-hydrogen) atoms. The van der Waals surface area contributed by atoms with Crippen molar-refractivity contribution >= 4 is 12.0 Å². The molecule has 2 N–H and O–H groups in total. The summed E-state index contributed by atoms with van der Waals surface area (Å²) in [6.07, 6.45) is 6.96. The molecule has 6 nitrogen and oxygen atoms in total. The number of hydrogen-bond acceptors (Lipinski definition) is 5. The van der Waals surface area contributed by atoms with Crippen molar-refractivity contribution in [3.05, 3.63) is 65.2 Å². The van der Waals surface area contributed by atoms with Gasteiger partial charge in [0.2, 0.25) is 5.91 Å². The lowest BCUT2D eigenvalue weighted by atomic mass is 10.1. The van der Waals surface area contributed by atoms with Crippen LogP contribution in [0.5, 0.6) is 11.5 Å². The number of nitrogens with one attached hydrogen (secondary N) is 2. The summed E-state index contributed by atoms with van der Waals surface area (Å²) in [6, 6.07) is 15.4. The third-order valence-electron chi connectivity index (χ3n) is 4.77. The van der Waals surface area contributed by atoms with Crippen molar-refractivity contribution in [3.63, 3.8) is 0 Å². The van der Waals surface area contributed by atoms with Crippen LogP contribution < -0.4 is 20.1 Å². The summed E-state index contributed by atoms with van der Waals surface area (Å²) in [4.78, 5) is 11.9. The van der Waals surface area contributed by atoms with Gasteiger partial charge in [-0.3, -0.25) is 4.79 Å². The zero-order chi connectivity index (χ0) is 22.3. The van der Waals surface area contributed by atoms with Crippen molar-refractivity contribution in [1.29, 1.82) is 5.26 Å². The van der Waals surface area contributed by atoms with E-state index in [9.17, 15) is 4.79 Å². The highest BCUT2D eigenvalue weighted by molar-refractivity contribution is 5.78. The number of amides is 1. The van der Waals surface area contributed by atoms with Crippen molar-refractivity contribution in [2.45, 2.75) is 25.7 Å². The molecular weight excluding hydrogens is 390 g/mol. The number of ether oxygens (including phenoxy) is 2. The maximum absolute atomic E-state index is 11.9. The highest BCUT2D eigenvalue weighted by Crippen LogP contribution is 2.27. The summed E-state index contributed by atoms with van der Waals surface area (Å²) in [7, 11) is 3.28. The Balaban J connectivity index is 1.51. The highest BCUT2D eigenvalue weighted by atomic mass is 16.5. The topological polar surface area (TPSA) is 83.4 Å². The van der Waals surface area contributed by atoms with Gasteiger partial charge in [-0.25, -0.2) is 0 Å². The second kappa shape index (κ2) is 13.8. The number of aryl methyl sites for hydroxylation is 1. The number of benzene rings is 2. The number of methoxy groups -OCH3 is 2. The van der Waals surface area contributed by atoms with E-state index in [0.717, 1.165) is 49.4 Å². The van der Waals surface area contributed by atoms with Crippen LogP contribution in [0.3, 0.4) is 0 Å². The van der Waals surface area contributed by atoms with Gasteiger partial charge in [0.15, 0.2) is 11.5 Å². The fourth-order valence-corrected chi connectivity index (χ4v) is 3.06. The molecular formula is C25H31N3O3. The number of carbonyl (C=O) groups excluding carboxylic acids is 1. The van der Waals surface area contributed by atoms with Crippen molar-refractivity contribution in [2.24, 2.45) is 0 Å². The normalized spacial score (nSPS) is 10.6. The van der Waals surface area contributed by atoms with E-state index in [2.05, 4.69) is 22.8 Å². The van der Waals surface area contributed by atoms with Gasteiger partial charge in [0, 0.05) is 13.0 Å². The third-order valence-corrected chi connectivity index (χ3v) is 4.77. The van der Waals surface area contributed by atoms with Gasteiger partial charge in [-0.05, 0) is 67.7 Å². The van der Waals surface area contributed by atoms with E-state index in [1.165, 1.54) is 5.56 Å². The molecule has 0 aromatic heterocycles. The Morgan fingerprint density at radius 2 is 1.74 bits per heavy atom. The minimum Gasteiger partial charge on any atom is -0.493 e. The van der Waals surface area contributed by atoms with Crippen LogP contribution in [0, 0.1) is 11.3 Å². The molecule has 0 heterocycles. The van der Waals surface area contributed by atoms with E-state index in [1.54, 1.807) is 26.4 Å². The molecule has 2 rings (SSSR count). The molecule has 0 unspecified atom stereocenters. The van der Waals surface area contributed by atoms with Gasteiger partial charge in [0.25, 0.3) is 0 Å². The van der Waals surface area contributed by atoms with Crippen molar-refractivity contribution in [1.82, 2.24) is 10.6 Å². The average molecular weight is 422 g/mol. The Morgan fingerprint density at radius 1 is 1.00 bits per heavy atom. The van der Waals surface area contributed by atoms with Crippen molar-refractivity contribution < 1.29 is 14.3 Å². The summed E-state index contributed by atoms with van der Waals surface area (Å²) in [5, 5.41) is 15.1. The van der Waals surface area contributed by atoms with E-state index >= 15 is 0 Å². The largest absolute Gasteiger partial charge is 0.493 e. The van der Waals surface area contributed by atoms with Crippen molar-refractivity contribution in [3.8, 4) is 17.6 Å². The van der Waals surface area contributed by atoms with E-state index in [0.29, 0.717) is 18.5 Å². The smallest absolute Gasteiger partial charge is 0.223 e. The lowest BCUT2D eigenvalue weighted by Crippen LogP contribution is -2.27. The lowest BCUT2D eigenvalue weighted by molar-refractivity contribution is -0.120. The van der Waals surface area contributed by atoms with E-state index in [1.807, 2.05) is 36.4 Å². The van der Waals surface area contributed by atoms with Gasteiger partial charge in [0.1, 0.15) is 0 Å². The Hall–Kier alpha value is -3.30. The summed E-state index contributed by atoms with van der Waals surface area (Å²) in [5.74, 6) is 1.52. The quantitative estimate of drug-likeness (QED) is 0.482. The first-order chi connectivity index (χ1) is 15.2. The van der Waals surface area contributed by atoms with Gasteiger partial charge < -0.3 is 20.1 Å². The fraction of sp³-hybridized carbons (Fsp3) is 0.360. The average Bonchev–Trinajstić information content (AvgIpc) is 2.81. The third kappa shape index (κ3) is 8.93. The van der Waals surface area contributed by atoms with Crippen LogP contribution in [0.15, 0.2) is 48.5 Å². The van der Waals surface area contributed by atoms with Crippen LogP contribution in [0.2, 0.25) is 0 Å². The Morgan fingerprint density at radius 3 is 2.45 bits per heavy atom. The lowest BCUT2D eigenvalue weighted by Gasteiger charge is -2.10. The molecule has 0 radical (unpaired) electrons. The SMILES string of the molecule is COc1ccc(CCCNCCCNC(=O)C/C=C/c2ccc(C#N)cc2)cc1OC. The first kappa shape index (κ1) is 24.0. The molecule has 2 aromatic carbocycles. The second-order valence-electron chi connectivity index (χ2n) is 7.09. The molecule has 0 aliphatic heterocycles. The van der Waals surface area contributed by atoms with Crippen LogP contribution in [-0.4, -0.2) is 39.8 Å². The second-order valence-corrected chi connectivity index (χ2v) is 7.09. The summed E-state index contributed by atoms with van der Waals surface area (Å²) in [6.45, 7) is 2.45. The number of rotatable bonds is 13. The summed E-state index contributed by atoms with van der Waals surface area (Å²) >= 11 is 0. The number of nitriles is 1. The molecule has 0 fully saturated rings. The molecule has 0 saturated heterocycles. The predicted molar refractivity (Wildman–Crippen MR) is 123 cm³/mol. The maximum atomic E-state index is 11.9. The monoisotopic (exact) mass is 421 g/mol. The first-order valence-corrected chi connectivity index (χ1v) is 10.5. The molecule has 6 heteroatoms. The van der Waals surface area contributed by atoms with Crippen LogP contribution >= 0.6 is 0 Å². The van der Waals surface area contributed by atoms with Crippen LogP contribution in [0.25, 0.3) is 6.08 Å². The summed E-state index contributed by atoms with van der Waals surface area (Å²) < 4.78 is 10.6. The molecule has 0 atom stereocenters. The van der Waals surface area contributed by atoms with Gasteiger partial charge >= 0.3 is 0 Å². The highest BCUT2D eigenvalue weighted by Gasteiger charge is 2.04. The van der Waals surface area contributed by atoms with Crippen molar-refractivity contribution in [2.75, 3.05) is 33.9 Å². The first-order valence-electron chi connectivity index (χ1n) is 10.5. The van der Waals surface area contributed by atoms with Crippen LogP contribution in [0.1, 0.15) is 36.0 Å². The zero-order valence-corrected chi connectivity index (χ0v) is 18.3. The molecule has 0 aliphatic carbocycles. The Labute approximate surface area is 184 Å². The molecule has 0 spiro atoms. The number of nitrogens with zero attached hydrogens (tertiary/aromatic N) is 1.